The summed E-state index contributed by atoms with van der Waals surface area (Å²) in [5, 5.41) is 7.81. The zero-order chi connectivity index (χ0) is 24.4. The lowest BCUT2D eigenvalue weighted by Crippen LogP contribution is -2.21. The van der Waals surface area contributed by atoms with Crippen LogP contribution in [0.15, 0.2) is 111 Å². The smallest absolute Gasteiger partial charge is 0.161 e. The topological polar surface area (TPSA) is 49.9 Å². The number of hydrogen-bond donors (Lipinski definition) is 1. The highest BCUT2D eigenvalue weighted by Crippen LogP contribution is 2.35. The summed E-state index contributed by atoms with van der Waals surface area (Å²) in [6.07, 6.45) is 2.06. The highest BCUT2D eigenvalue weighted by Gasteiger charge is 2.15. The van der Waals surface area contributed by atoms with Gasteiger partial charge in [0.05, 0.1) is 0 Å². The van der Waals surface area contributed by atoms with Crippen LogP contribution in [0.4, 0.5) is 0 Å². The minimum absolute atomic E-state index is 0.280. The average molecular weight is 460 g/mol. The number of allylic oxidation sites excluding steroid dienone is 2. The minimum Gasteiger partial charge on any atom is -0.456 e. The van der Waals surface area contributed by atoms with Crippen LogP contribution in [0.1, 0.15) is 31.9 Å². The van der Waals surface area contributed by atoms with Crippen LogP contribution in [0.3, 0.4) is 0 Å². The van der Waals surface area contributed by atoms with Gasteiger partial charge >= 0.3 is 0 Å². The molecule has 0 bridgehead atoms. The molecule has 35 heavy (non-hydrogen) atoms. The van der Waals surface area contributed by atoms with Gasteiger partial charge in [0.1, 0.15) is 17.0 Å². The number of fused-ring (bicyclic) bond motifs is 5. The summed E-state index contributed by atoms with van der Waals surface area (Å²) in [6, 6.07) is 28.9. The van der Waals surface area contributed by atoms with Crippen LogP contribution in [-0.4, -0.2) is 18.7 Å². The Morgan fingerprint density at radius 2 is 1.54 bits per heavy atom. The van der Waals surface area contributed by atoms with Crippen LogP contribution in [0, 0.1) is 5.92 Å². The van der Waals surface area contributed by atoms with Crippen molar-refractivity contribution >= 4 is 44.4 Å². The lowest BCUT2D eigenvalue weighted by molar-refractivity contribution is 0.669. The van der Waals surface area contributed by atoms with Crippen molar-refractivity contribution in [2.75, 3.05) is 7.05 Å². The van der Waals surface area contributed by atoms with Crippen molar-refractivity contribution in [2.45, 2.75) is 20.8 Å². The molecule has 0 spiro atoms. The molecule has 0 radical (unpaired) electrons. The van der Waals surface area contributed by atoms with Gasteiger partial charge in [0.15, 0.2) is 5.84 Å². The first kappa shape index (κ1) is 22.6. The molecule has 0 aliphatic heterocycles. The van der Waals surface area contributed by atoms with E-state index in [4.69, 9.17) is 14.4 Å². The molecule has 0 saturated carbocycles. The Bertz CT molecular complexity index is 1600. The van der Waals surface area contributed by atoms with E-state index in [1.165, 1.54) is 10.8 Å². The number of nitrogens with one attached hydrogen (secondary N) is 1. The maximum atomic E-state index is 6.21. The second-order valence-corrected chi connectivity index (χ2v) is 8.85. The van der Waals surface area contributed by atoms with Crippen LogP contribution >= 0.6 is 0 Å². The monoisotopic (exact) mass is 459 g/mol. The Hall–Kier alpha value is -4.18. The van der Waals surface area contributed by atoms with Crippen LogP contribution in [0.5, 0.6) is 0 Å². The number of nitrogens with zero attached hydrogens (tertiary/aromatic N) is 2. The van der Waals surface area contributed by atoms with Gasteiger partial charge in [0.2, 0.25) is 0 Å². The molecule has 0 fully saturated rings. The van der Waals surface area contributed by atoms with Gasteiger partial charge in [-0.05, 0) is 47.9 Å². The predicted octanol–water partition coefficient (Wildman–Crippen LogP) is 7.71. The summed E-state index contributed by atoms with van der Waals surface area (Å²) < 4.78 is 6.21. The van der Waals surface area contributed by atoms with E-state index in [-0.39, 0.29) is 5.92 Å². The van der Waals surface area contributed by atoms with E-state index >= 15 is 0 Å². The molecule has 4 aromatic carbocycles. The summed E-state index contributed by atoms with van der Waals surface area (Å²) in [5.41, 5.74) is 4.69. The summed E-state index contributed by atoms with van der Waals surface area (Å²) in [4.78, 5) is 10.1. The molecule has 1 N–H and O–H groups in total. The van der Waals surface area contributed by atoms with Gasteiger partial charge < -0.3 is 9.73 Å². The van der Waals surface area contributed by atoms with Gasteiger partial charge in [0.25, 0.3) is 0 Å². The lowest BCUT2D eigenvalue weighted by Gasteiger charge is -2.11. The number of benzene rings is 4. The molecule has 1 aromatic heterocycles. The lowest BCUT2D eigenvalue weighted by atomic mass is 10.0. The zero-order valence-corrected chi connectivity index (χ0v) is 20.5. The highest BCUT2D eigenvalue weighted by molar-refractivity contribution is 6.20. The number of hydrogen-bond acceptors (Lipinski definition) is 2. The fourth-order valence-corrected chi connectivity index (χ4v) is 4.46. The fourth-order valence-electron chi connectivity index (χ4n) is 4.46. The van der Waals surface area contributed by atoms with Crippen molar-refractivity contribution in [1.82, 2.24) is 5.32 Å². The molecule has 0 saturated heterocycles. The Morgan fingerprint density at radius 1 is 0.800 bits per heavy atom. The largest absolute Gasteiger partial charge is 0.456 e. The first-order valence-corrected chi connectivity index (χ1v) is 12.0. The van der Waals surface area contributed by atoms with E-state index < -0.39 is 0 Å². The van der Waals surface area contributed by atoms with E-state index in [9.17, 15) is 0 Å². The molecule has 1 heterocycles. The average Bonchev–Trinajstić information content (AvgIpc) is 3.27. The molecule has 0 atom stereocenters. The van der Waals surface area contributed by atoms with Gasteiger partial charge in [-0.25, -0.2) is 9.98 Å². The maximum absolute atomic E-state index is 6.21. The van der Waals surface area contributed by atoms with Crippen LogP contribution in [-0.2, 0) is 0 Å². The van der Waals surface area contributed by atoms with Crippen molar-refractivity contribution in [3.63, 3.8) is 0 Å². The SMILES string of the molecule is CC=C(N=C(/N=C(\NC)c1ccccc1)c1ccc2oc3ccc4ccccc4c3c2c1)C(C)C. The second kappa shape index (κ2) is 9.59. The Morgan fingerprint density at radius 3 is 2.29 bits per heavy atom. The quantitative estimate of drug-likeness (QED) is 0.221. The molecular formula is C31H29N3O. The Kier molecular flexibility index (Phi) is 6.19. The molecule has 4 nitrogen and oxygen atoms in total. The van der Waals surface area contributed by atoms with Crippen molar-refractivity contribution < 1.29 is 4.42 Å². The first-order chi connectivity index (χ1) is 17.1. The number of amidine groups is 2. The standard InChI is InChI=1S/C31H29N3O/c1-5-26(20(2)3)33-31(34-30(32-4)22-12-7-6-8-13-22)23-16-17-27-25(19-23)29-24-14-10-9-11-21(24)15-18-28(29)35-27/h5-20H,1-4H3,(H,32,33,34). The van der Waals surface area contributed by atoms with Gasteiger partial charge in [-0.3, -0.25) is 0 Å². The third-order valence-corrected chi connectivity index (χ3v) is 6.24. The van der Waals surface area contributed by atoms with E-state index in [0.717, 1.165) is 44.6 Å². The molecule has 5 rings (SSSR count). The molecule has 4 heteroatoms. The highest BCUT2D eigenvalue weighted by atomic mass is 16.3. The molecule has 0 aliphatic rings. The first-order valence-electron chi connectivity index (χ1n) is 12.0. The molecule has 0 amide bonds. The minimum atomic E-state index is 0.280. The summed E-state index contributed by atoms with van der Waals surface area (Å²) in [7, 11) is 1.89. The van der Waals surface area contributed by atoms with Crippen LogP contribution in [0.2, 0.25) is 0 Å². The molecular weight excluding hydrogens is 430 g/mol. The Labute approximate surface area is 205 Å². The number of furan rings is 1. The summed E-state index contributed by atoms with van der Waals surface area (Å²) in [5.74, 6) is 1.71. The maximum Gasteiger partial charge on any atom is 0.161 e. The normalized spacial score (nSPS) is 13.3. The van der Waals surface area contributed by atoms with Crippen LogP contribution in [0.25, 0.3) is 32.7 Å². The van der Waals surface area contributed by atoms with Crippen molar-refractivity contribution in [1.29, 1.82) is 0 Å². The molecule has 174 valence electrons. The van der Waals surface area contributed by atoms with Crippen molar-refractivity contribution in [2.24, 2.45) is 15.9 Å². The van der Waals surface area contributed by atoms with E-state index in [1.54, 1.807) is 0 Å². The van der Waals surface area contributed by atoms with Gasteiger partial charge in [0, 0.05) is 34.6 Å². The fraction of sp³-hybridized carbons (Fsp3) is 0.161. The third kappa shape index (κ3) is 4.35. The van der Waals surface area contributed by atoms with Gasteiger partial charge in [-0.15, -0.1) is 0 Å². The van der Waals surface area contributed by atoms with Gasteiger partial charge in [-0.2, -0.15) is 0 Å². The van der Waals surface area contributed by atoms with E-state index in [0.29, 0.717) is 5.84 Å². The van der Waals surface area contributed by atoms with Crippen molar-refractivity contribution in [3.05, 3.63) is 108 Å². The zero-order valence-electron chi connectivity index (χ0n) is 20.5. The second-order valence-electron chi connectivity index (χ2n) is 8.85. The summed E-state index contributed by atoms with van der Waals surface area (Å²) >= 11 is 0. The molecule has 5 aromatic rings. The van der Waals surface area contributed by atoms with Gasteiger partial charge in [-0.1, -0.05) is 80.6 Å². The van der Waals surface area contributed by atoms with E-state index in [1.807, 2.05) is 56.4 Å². The van der Waals surface area contributed by atoms with Crippen LogP contribution < -0.4 is 5.32 Å². The number of rotatable bonds is 4. The molecule has 0 unspecified atom stereocenters. The third-order valence-electron chi connectivity index (χ3n) is 6.24. The van der Waals surface area contributed by atoms with E-state index in [2.05, 4.69) is 67.7 Å². The Balaban J connectivity index is 1.75. The predicted molar refractivity (Wildman–Crippen MR) is 148 cm³/mol. The number of aliphatic imine (C=N–C) groups is 2. The molecule has 0 aliphatic carbocycles. The van der Waals surface area contributed by atoms with Crippen molar-refractivity contribution in [3.8, 4) is 0 Å². The summed E-state index contributed by atoms with van der Waals surface area (Å²) in [6.45, 7) is 6.32.